The minimum Gasteiger partial charge on any atom is -0.354 e. The molecule has 1 aliphatic heterocycles. The summed E-state index contributed by atoms with van der Waals surface area (Å²) < 4.78 is 0. The van der Waals surface area contributed by atoms with Crippen molar-refractivity contribution >= 4 is 22.6 Å². The maximum absolute atomic E-state index is 13.4. The Balaban J connectivity index is 1.79. The second-order valence-corrected chi connectivity index (χ2v) is 10.2. The predicted molar refractivity (Wildman–Crippen MR) is 142 cm³/mol. The van der Waals surface area contributed by atoms with E-state index < -0.39 is 5.41 Å². The summed E-state index contributed by atoms with van der Waals surface area (Å²) in [4.78, 5) is 23.5. The predicted octanol–water partition coefficient (Wildman–Crippen LogP) is 5.38. The first-order valence-corrected chi connectivity index (χ1v) is 12.4. The van der Waals surface area contributed by atoms with Gasteiger partial charge in [-0.15, -0.1) is 0 Å². The molecule has 6 nitrogen and oxygen atoms in total. The number of carbonyl (C=O) groups excluding carboxylic acids is 1. The number of H-pyrrole nitrogens is 1. The first-order valence-electron chi connectivity index (χ1n) is 12.4. The van der Waals surface area contributed by atoms with Crippen LogP contribution in [0.5, 0.6) is 0 Å². The second kappa shape index (κ2) is 9.95. The van der Waals surface area contributed by atoms with E-state index in [1.54, 1.807) is 6.92 Å². The third-order valence-corrected chi connectivity index (χ3v) is 7.01. The number of nitrogens with one attached hydrogen (secondary N) is 2. The lowest BCUT2D eigenvalue weighted by molar-refractivity contribution is -0.135. The zero-order valence-electron chi connectivity index (χ0n) is 21.5. The molecule has 0 atom stereocenters. The van der Waals surface area contributed by atoms with Crippen LogP contribution in [-0.2, 0) is 16.6 Å². The molecule has 0 saturated carbocycles. The Hall–Kier alpha value is -3.59. The highest BCUT2D eigenvalue weighted by molar-refractivity contribution is 5.94. The minimum absolute atomic E-state index is 0.198. The number of amidine groups is 1. The number of nitrogens with zero attached hydrogens (tertiary/aromatic N) is 3. The van der Waals surface area contributed by atoms with Crippen LogP contribution in [0.2, 0.25) is 0 Å². The van der Waals surface area contributed by atoms with Crippen molar-refractivity contribution in [3.05, 3.63) is 58.7 Å². The van der Waals surface area contributed by atoms with Crippen LogP contribution in [0.1, 0.15) is 55.9 Å². The number of aliphatic imine (C=N–C) groups is 1. The highest BCUT2D eigenvalue weighted by Gasteiger charge is 2.35. The van der Waals surface area contributed by atoms with E-state index in [-0.39, 0.29) is 5.91 Å². The van der Waals surface area contributed by atoms with Gasteiger partial charge in [-0.25, -0.2) is 0 Å². The molecular weight excluding hydrogens is 434 g/mol. The topological polar surface area (TPSA) is 84.3 Å². The summed E-state index contributed by atoms with van der Waals surface area (Å²) >= 11 is 0. The highest BCUT2D eigenvalue weighted by Crippen LogP contribution is 2.36. The van der Waals surface area contributed by atoms with Gasteiger partial charge in [0.05, 0.1) is 5.41 Å². The molecule has 0 spiro atoms. The molecular formula is C29H35N5O. The molecule has 2 N–H and O–H groups in total. The molecule has 0 aliphatic carbocycles. The fraction of sp³-hybridized carbons (Fsp3) is 0.414. The van der Waals surface area contributed by atoms with Gasteiger partial charge in [0.15, 0.2) is 6.19 Å². The molecule has 0 unspecified atom stereocenters. The molecule has 0 radical (unpaired) electrons. The van der Waals surface area contributed by atoms with E-state index in [2.05, 4.69) is 65.5 Å². The van der Waals surface area contributed by atoms with Gasteiger partial charge in [0.2, 0.25) is 5.91 Å². The average Bonchev–Trinajstić information content (AvgIpc) is 3.46. The molecule has 0 bridgehead atoms. The monoisotopic (exact) mass is 469 g/mol. The number of hydrogen-bond acceptors (Lipinski definition) is 3. The molecule has 1 amide bonds. The third-order valence-electron chi connectivity index (χ3n) is 7.01. The van der Waals surface area contributed by atoms with Crippen molar-refractivity contribution in [3.63, 3.8) is 0 Å². The van der Waals surface area contributed by atoms with E-state index in [1.807, 2.05) is 24.9 Å². The zero-order chi connectivity index (χ0) is 25.2. The van der Waals surface area contributed by atoms with Crippen LogP contribution in [0.4, 0.5) is 0 Å². The van der Waals surface area contributed by atoms with E-state index in [0.717, 1.165) is 60.1 Å². The quantitative estimate of drug-likeness (QED) is 0.220. The molecule has 1 aliphatic rings. The van der Waals surface area contributed by atoms with Gasteiger partial charge >= 0.3 is 0 Å². The molecule has 4 rings (SSSR count). The number of fused-ring (bicyclic) bond motifs is 1. The molecule has 182 valence electrons. The van der Waals surface area contributed by atoms with Crippen molar-refractivity contribution in [2.75, 3.05) is 19.6 Å². The van der Waals surface area contributed by atoms with Gasteiger partial charge in [-0.2, -0.15) is 5.26 Å². The highest BCUT2D eigenvalue weighted by atomic mass is 16.2. The van der Waals surface area contributed by atoms with Crippen molar-refractivity contribution < 1.29 is 4.79 Å². The Morgan fingerprint density at radius 2 is 1.83 bits per heavy atom. The van der Waals surface area contributed by atoms with Gasteiger partial charge in [0, 0.05) is 36.2 Å². The Kier molecular flexibility index (Phi) is 6.98. The van der Waals surface area contributed by atoms with Crippen molar-refractivity contribution in [1.29, 1.82) is 5.26 Å². The summed E-state index contributed by atoms with van der Waals surface area (Å²) in [7, 11) is 0. The number of hydrogen-bond donors (Lipinski definition) is 2. The number of aromatic amines is 1. The number of amides is 1. The van der Waals surface area contributed by atoms with E-state index in [0.29, 0.717) is 12.4 Å². The number of likely N-dealkylation sites (tertiary alicyclic amines) is 1. The summed E-state index contributed by atoms with van der Waals surface area (Å²) in [5, 5.41) is 12.6. The number of aryl methyl sites for hydroxylation is 2. The maximum Gasteiger partial charge on any atom is 0.232 e. The summed E-state index contributed by atoms with van der Waals surface area (Å²) in [6.07, 6.45) is 4.82. The molecule has 3 aromatic rings. The van der Waals surface area contributed by atoms with Crippen molar-refractivity contribution in [2.24, 2.45) is 4.99 Å². The lowest BCUT2D eigenvalue weighted by Gasteiger charge is -2.29. The molecule has 1 aromatic heterocycles. The lowest BCUT2D eigenvalue weighted by Crippen LogP contribution is -2.41. The Labute approximate surface area is 208 Å². The van der Waals surface area contributed by atoms with Crippen molar-refractivity contribution in [2.45, 2.75) is 59.3 Å². The van der Waals surface area contributed by atoms with Gasteiger partial charge in [-0.1, -0.05) is 23.3 Å². The van der Waals surface area contributed by atoms with Gasteiger partial charge < -0.3 is 9.88 Å². The van der Waals surface area contributed by atoms with Crippen LogP contribution < -0.4 is 5.32 Å². The first-order chi connectivity index (χ1) is 16.7. The van der Waals surface area contributed by atoms with Gasteiger partial charge in [0.1, 0.15) is 5.84 Å². The van der Waals surface area contributed by atoms with E-state index in [1.165, 1.54) is 16.7 Å². The Morgan fingerprint density at radius 3 is 2.49 bits per heavy atom. The van der Waals surface area contributed by atoms with Crippen LogP contribution >= 0.6 is 0 Å². The van der Waals surface area contributed by atoms with Crippen LogP contribution in [-0.4, -0.2) is 41.3 Å². The number of carbonyl (C=O) groups is 1. The summed E-state index contributed by atoms with van der Waals surface area (Å²) in [6.45, 7) is 12.4. The fourth-order valence-corrected chi connectivity index (χ4v) is 5.16. The third kappa shape index (κ3) is 5.09. The van der Waals surface area contributed by atoms with E-state index >= 15 is 0 Å². The maximum atomic E-state index is 13.4. The second-order valence-electron chi connectivity index (χ2n) is 10.2. The molecule has 6 heteroatoms. The van der Waals surface area contributed by atoms with Gasteiger partial charge in [0.25, 0.3) is 0 Å². The number of benzene rings is 2. The number of nitriles is 1. The molecule has 2 heterocycles. The SMILES string of the molecule is CC(=NCCc1c(-c2cc(C)cc(C)c2)[nH]c2ccc(C(C)(C)C(=O)N3CCCC3)cc12)NC#N. The van der Waals surface area contributed by atoms with Crippen LogP contribution in [0.25, 0.3) is 22.2 Å². The Morgan fingerprint density at radius 1 is 1.14 bits per heavy atom. The van der Waals surface area contributed by atoms with Crippen LogP contribution in [0.15, 0.2) is 41.4 Å². The summed E-state index contributed by atoms with van der Waals surface area (Å²) in [5.41, 5.74) is 7.35. The lowest BCUT2D eigenvalue weighted by atomic mass is 9.82. The van der Waals surface area contributed by atoms with Crippen LogP contribution in [0.3, 0.4) is 0 Å². The molecule has 1 saturated heterocycles. The normalized spacial score (nSPS) is 14.4. The smallest absolute Gasteiger partial charge is 0.232 e. The average molecular weight is 470 g/mol. The Bertz CT molecular complexity index is 1300. The van der Waals surface area contributed by atoms with Gasteiger partial charge in [-0.05, 0) is 94.8 Å². The van der Waals surface area contributed by atoms with Crippen molar-refractivity contribution in [1.82, 2.24) is 15.2 Å². The fourth-order valence-electron chi connectivity index (χ4n) is 5.16. The molecule has 1 fully saturated rings. The van der Waals surface area contributed by atoms with E-state index in [4.69, 9.17) is 5.26 Å². The number of rotatable bonds is 6. The molecule has 2 aromatic carbocycles. The van der Waals surface area contributed by atoms with Gasteiger partial charge in [-0.3, -0.25) is 15.1 Å². The summed E-state index contributed by atoms with van der Waals surface area (Å²) in [6, 6.07) is 13.0. The minimum atomic E-state index is -0.599. The largest absolute Gasteiger partial charge is 0.354 e. The molecule has 35 heavy (non-hydrogen) atoms. The van der Waals surface area contributed by atoms with Crippen molar-refractivity contribution in [3.8, 4) is 17.5 Å². The van der Waals surface area contributed by atoms with E-state index in [9.17, 15) is 4.79 Å². The standard InChI is InChI=1S/C29H35N5O/c1-19-14-20(2)16-22(15-19)27-24(10-11-31-21(3)32-18-30)25-17-23(8-9-26(25)33-27)29(4,5)28(35)34-12-6-7-13-34/h8-9,14-17,33H,6-7,10-13H2,1-5H3,(H,31,32). The summed E-state index contributed by atoms with van der Waals surface area (Å²) in [5.74, 6) is 0.807. The zero-order valence-corrected chi connectivity index (χ0v) is 21.5. The van der Waals surface area contributed by atoms with Crippen LogP contribution in [0, 0.1) is 25.3 Å². The first kappa shape index (κ1) is 24.5. The number of aromatic nitrogens is 1.